The molecule has 7 nitrogen and oxygen atoms in total. The van der Waals surface area contributed by atoms with E-state index in [4.69, 9.17) is 0 Å². The summed E-state index contributed by atoms with van der Waals surface area (Å²) in [5.41, 5.74) is 0.910. The third-order valence-corrected chi connectivity index (χ3v) is 4.21. The Hall–Kier alpha value is -3.61. The van der Waals surface area contributed by atoms with E-state index in [9.17, 15) is 25.0 Å². The molecule has 0 spiro atoms. The molecule has 0 amide bonds. The fourth-order valence-corrected chi connectivity index (χ4v) is 3.26. The molecule has 0 fully saturated rings. The van der Waals surface area contributed by atoms with Gasteiger partial charge in [-0.1, -0.05) is 18.2 Å². The standard InChI is InChI=1S/C17H8N2O5/c20-17-11-4-1-3-9-13(18(21)22)8-7-10(15(9)11)16-12(17)5-2-6-14(16)19(23)24/h1-8H. The Kier molecular flexibility index (Phi) is 2.74. The van der Waals surface area contributed by atoms with Gasteiger partial charge in [0.15, 0.2) is 5.78 Å². The van der Waals surface area contributed by atoms with Crippen LogP contribution in [0.4, 0.5) is 11.4 Å². The van der Waals surface area contributed by atoms with E-state index in [0.29, 0.717) is 21.9 Å². The van der Waals surface area contributed by atoms with E-state index in [1.165, 1.54) is 30.3 Å². The predicted octanol–water partition coefficient (Wildman–Crippen LogP) is 3.87. The first-order valence-electron chi connectivity index (χ1n) is 7.03. The Balaban J connectivity index is 2.24. The molecule has 0 saturated carbocycles. The number of benzene rings is 3. The number of carbonyl (C=O) groups excluding carboxylic acids is 1. The topological polar surface area (TPSA) is 103 Å². The molecule has 0 heterocycles. The highest BCUT2D eigenvalue weighted by molar-refractivity contribution is 6.27. The summed E-state index contributed by atoms with van der Waals surface area (Å²) in [6.07, 6.45) is 0. The van der Waals surface area contributed by atoms with Crippen LogP contribution in [0.1, 0.15) is 15.9 Å². The van der Waals surface area contributed by atoms with Crippen LogP contribution >= 0.6 is 0 Å². The largest absolute Gasteiger partial charge is 0.289 e. The Morgan fingerprint density at radius 3 is 2.08 bits per heavy atom. The average Bonchev–Trinajstić information content (AvgIpc) is 2.58. The number of carbonyl (C=O) groups is 1. The Bertz CT molecular complexity index is 1090. The fraction of sp³-hybridized carbons (Fsp3) is 0. The van der Waals surface area contributed by atoms with E-state index in [1.807, 2.05) is 0 Å². The summed E-state index contributed by atoms with van der Waals surface area (Å²) in [5, 5.41) is 23.3. The molecule has 116 valence electrons. The second kappa shape index (κ2) is 4.69. The number of ketones is 1. The number of non-ortho nitro benzene ring substituents is 1. The number of nitro benzene ring substituents is 2. The molecule has 0 radical (unpaired) electrons. The van der Waals surface area contributed by atoms with Crippen LogP contribution in [0.15, 0.2) is 48.5 Å². The SMILES string of the molecule is O=C1c2cccc([N+](=O)[O-])c2-c2ccc([N+](=O)[O-])c3cccc1c23. The first kappa shape index (κ1) is 14.0. The highest BCUT2D eigenvalue weighted by atomic mass is 16.6. The van der Waals surface area contributed by atoms with Crippen LogP contribution in [0.3, 0.4) is 0 Å². The Labute approximate surface area is 134 Å². The molecular weight excluding hydrogens is 312 g/mol. The first-order chi connectivity index (χ1) is 11.5. The van der Waals surface area contributed by atoms with Crippen LogP contribution in [-0.4, -0.2) is 15.6 Å². The van der Waals surface area contributed by atoms with Crippen molar-refractivity contribution in [2.75, 3.05) is 0 Å². The minimum Gasteiger partial charge on any atom is -0.289 e. The van der Waals surface area contributed by atoms with Gasteiger partial charge in [0.1, 0.15) is 0 Å². The minimum atomic E-state index is -0.548. The van der Waals surface area contributed by atoms with Gasteiger partial charge in [0.05, 0.1) is 20.8 Å². The second-order valence-electron chi connectivity index (χ2n) is 5.40. The van der Waals surface area contributed by atoms with Crippen LogP contribution in [0.25, 0.3) is 21.9 Å². The third kappa shape index (κ3) is 1.69. The van der Waals surface area contributed by atoms with E-state index in [1.54, 1.807) is 18.2 Å². The van der Waals surface area contributed by atoms with Gasteiger partial charge in [-0.3, -0.25) is 25.0 Å². The molecular formula is C17H8N2O5. The van der Waals surface area contributed by atoms with E-state index in [0.717, 1.165) is 0 Å². The normalized spacial score (nSPS) is 12.1. The van der Waals surface area contributed by atoms with Gasteiger partial charge in [0.25, 0.3) is 11.4 Å². The maximum absolute atomic E-state index is 12.8. The molecule has 3 aromatic rings. The molecule has 24 heavy (non-hydrogen) atoms. The van der Waals surface area contributed by atoms with E-state index in [-0.39, 0.29) is 28.3 Å². The molecule has 1 aliphatic rings. The maximum atomic E-state index is 12.8. The molecule has 0 atom stereocenters. The lowest BCUT2D eigenvalue weighted by Crippen LogP contribution is -2.11. The Morgan fingerprint density at radius 1 is 0.708 bits per heavy atom. The zero-order valence-corrected chi connectivity index (χ0v) is 12.1. The number of nitro groups is 2. The van der Waals surface area contributed by atoms with Crippen LogP contribution < -0.4 is 0 Å². The van der Waals surface area contributed by atoms with Gasteiger partial charge in [0, 0.05) is 28.6 Å². The molecule has 4 rings (SSSR count). The first-order valence-corrected chi connectivity index (χ1v) is 7.03. The number of rotatable bonds is 2. The molecule has 0 saturated heterocycles. The van der Waals surface area contributed by atoms with Gasteiger partial charge < -0.3 is 0 Å². The zero-order chi connectivity index (χ0) is 17.0. The van der Waals surface area contributed by atoms with Gasteiger partial charge in [-0.2, -0.15) is 0 Å². The number of hydrogen-bond donors (Lipinski definition) is 0. The second-order valence-corrected chi connectivity index (χ2v) is 5.40. The van der Waals surface area contributed by atoms with Gasteiger partial charge in [-0.05, 0) is 23.8 Å². The average molecular weight is 320 g/mol. The summed E-state index contributed by atoms with van der Waals surface area (Å²) in [4.78, 5) is 34.3. The van der Waals surface area contributed by atoms with Crippen LogP contribution in [0.2, 0.25) is 0 Å². The van der Waals surface area contributed by atoms with Gasteiger partial charge >= 0.3 is 0 Å². The van der Waals surface area contributed by atoms with Gasteiger partial charge in [-0.25, -0.2) is 0 Å². The number of hydrogen-bond acceptors (Lipinski definition) is 5. The highest BCUT2D eigenvalue weighted by Gasteiger charge is 2.32. The lowest BCUT2D eigenvalue weighted by Gasteiger charge is -2.19. The van der Waals surface area contributed by atoms with Crippen molar-refractivity contribution in [2.45, 2.75) is 0 Å². The van der Waals surface area contributed by atoms with E-state index < -0.39 is 9.85 Å². The molecule has 0 N–H and O–H groups in total. The molecule has 0 unspecified atom stereocenters. The molecule has 1 aliphatic carbocycles. The number of nitrogens with zero attached hydrogens (tertiary/aromatic N) is 2. The summed E-state index contributed by atoms with van der Waals surface area (Å²) in [7, 11) is 0. The van der Waals surface area contributed by atoms with Crippen molar-refractivity contribution >= 4 is 27.9 Å². The van der Waals surface area contributed by atoms with Crippen molar-refractivity contribution < 1.29 is 14.6 Å². The fourth-order valence-electron chi connectivity index (χ4n) is 3.26. The summed E-state index contributed by atoms with van der Waals surface area (Å²) >= 11 is 0. The third-order valence-electron chi connectivity index (χ3n) is 4.21. The minimum absolute atomic E-state index is 0.134. The lowest BCUT2D eigenvalue weighted by atomic mass is 9.81. The number of fused-ring (bicyclic) bond motifs is 2. The summed E-state index contributed by atoms with van der Waals surface area (Å²) in [6, 6.07) is 11.8. The van der Waals surface area contributed by atoms with E-state index in [2.05, 4.69) is 0 Å². The summed E-state index contributed by atoms with van der Waals surface area (Å²) in [5.74, 6) is -0.368. The molecule has 0 aliphatic heterocycles. The van der Waals surface area contributed by atoms with Gasteiger partial charge in [0.2, 0.25) is 0 Å². The zero-order valence-electron chi connectivity index (χ0n) is 12.1. The van der Waals surface area contributed by atoms with Crippen molar-refractivity contribution in [1.82, 2.24) is 0 Å². The Morgan fingerprint density at radius 2 is 1.38 bits per heavy atom. The van der Waals surface area contributed by atoms with Crippen molar-refractivity contribution in [3.63, 3.8) is 0 Å². The van der Waals surface area contributed by atoms with E-state index >= 15 is 0 Å². The molecule has 0 aromatic heterocycles. The van der Waals surface area contributed by atoms with Crippen molar-refractivity contribution in [3.8, 4) is 11.1 Å². The summed E-state index contributed by atoms with van der Waals surface area (Å²) < 4.78 is 0. The molecule has 7 heteroatoms. The van der Waals surface area contributed by atoms with Crippen molar-refractivity contribution in [3.05, 3.63) is 79.9 Å². The van der Waals surface area contributed by atoms with Crippen molar-refractivity contribution in [2.24, 2.45) is 0 Å². The highest BCUT2D eigenvalue weighted by Crippen LogP contribution is 2.45. The lowest BCUT2D eigenvalue weighted by molar-refractivity contribution is -0.384. The van der Waals surface area contributed by atoms with Crippen molar-refractivity contribution in [1.29, 1.82) is 0 Å². The quantitative estimate of drug-likeness (QED) is 0.412. The maximum Gasteiger partial charge on any atom is 0.277 e. The van der Waals surface area contributed by atoms with Gasteiger partial charge in [-0.15, -0.1) is 0 Å². The van der Waals surface area contributed by atoms with Crippen LogP contribution in [-0.2, 0) is 0 Å². The monoisotopic (exact) mass is 320 g/mol. The molecule has 0 bridgehead atoms. The van der Waals surface area contributed by atoms with Crippen LogP contribution in [0, 0.1) is 20.2 Å². The molecule has 3 aromatic carbocycles. The predicted molar refractivity (Wildman–Crippen MR) is 86.1 cm³/mol. The summed E-state index contributed by atoms with van der Waals surface area (Å²) in [6.45, 7) is 0. The smallest absolute Gasteiger partial charge is 0.277 e. The van der Waals surface area contributed by atoms with Crippen LogP contribution in [0.5, 0.6) is 0 Å².